The Morgan fingerprint density at radius 2 is 1.66 bits per heavy atom. The highest BCUT2D eigenvalue weighted by Crippen LogP contribution is 2.41. The van der Waals surface area contributed by atoms with Crippen molar-refractivity contribution < 1.29 is 29.0 Å². The number of aromatic nitrogens is 1. The van der Waals surface area contributed by atoms with E-state index >= 15 is 0 Å². The first-order valence-electron chi connectivity index (χ1n) is 15.6. The molecule has 1 saturated carbocycles. The lowest BCUT2D eigenvalue weighted by Gasteiger charge is -2.51. The zero-order chi connectivity index (χ0) is 31.8. The molecule has 0 spiro atoms. The fraction of sp³-hybridized carbons (Fsp3) is 0.576. The molecule has 2 atom stereocenters. The first-order valence-corrected chi connectivity index (χ1v) is 15.6. The number of hydrogen-bond donors (Lipinski definition) is 2. The predicted molar refractivity (Wildman–Crippen MR) is 163 cm³/mol. The first kappa shape index (κ1) is 31.7. The minimum absolute atomic E-state index is 0.0817. The van der Waals surface area contributed by atoms with Crippen molar-refractivity contribution in [1.82, 2.24) is 19.3 Å². The summed E-state index contributed by atoms with van der Waals surface area (Å²) >= 11 is 0. The molecule has 5 rings (SSSR count). The van der Waals surface area contributed by atoms with Crippen LogP contribution in [0.2, 0.25) is 0 Å². The van der Waals surface area contributed by atoms with Gasteiger partial charge in [0, 0.05) is 74.0 Å². The molecule has 2 aliphatic heterocycles. The molecule has 10 nitrogen and oxygen atoms in total. The number of piperazine rings is 1. The van der Waals surface area contributed by atoms with Crippen molar-refractivity contribution in [2.24, 2.45) is 17.3 Å². The molecule has 2 saturated heterocycles. The molecule has 11 heteroatoms. The summed E-state index contributed by atoms with van der Waals surface area (Å²) in [6.45, 7) is 6.91. The van der Waals surface area contributed by atoms with E-state index in [4.69, 9.17) is 0 Å². The van der Waals surface area contributed by atoms with E-state index in [9.17, 15) is 33.8 Å². The van der Waals surface area contributed by atoms with Gasteiger partial charge in [-0.1, -0.05) is 58.2 Å². The summed E-state index contributed by atoms with van der Waals surface area (Å²) < 4.78 is 16.3. The number of piperidine rings is 1. The molecule has 238 valence electrons. The maximum atomic E-state index is 14.9. The van der Waals surface area contributed by atoms with Crippen molar-refractivity contribution in [3.8, 4) is 11.1 Å². The van der Waals surface area contributed by atoms with Gasteiger partial charge in [-0.2, -0.15) is 0 Å². The van der Waals surface area contributed by atoms with Gasteiger partial charge in [-0.05, 0) is 24.8 Å². The van der Waals surface area contributed by atoms with E-state index in [1.54, 1.807) is 6.07 Å². The average molecular weight is 611 g/mol. The van der Waals surface area contributed by atoms with Gasteiger partial charge < -0.3 is 29.5 Å². The van der Waals surface area contributed by atoms with Gasteiger partial charge in [0.05, 0.1) is 17.7 Å². The van der Waals surface area contributed by atoms with Crippen LogP contribution >= 0.6 is 0 Å². The molecule has 3 amide bonds. The molecule has 1 aromatic heterocycles. The highest BCUT2D eigenvalue weighted by atomic mass is 19.1. The van der Waals surface area contributed by atoms with Crippen LogP contribution in [0, 0.1) is 23.1 Å². The van der Waals surface area contributed by atoms with Crippen LogP contribution in [0.1, 0.15) is 63.2 Å². The number of pyridine rings is 1. The number of nitrogens with zero attached hydrogens (tertiary/aromatic N) is 4. The van der Waals surface area contributed by atoms with E-state index in [-0.39, 0.29) is 67.7 Å². The number of benzene rings is 1. The molecular formula is C33H43FN4O6. The predicted octanol–water partition coefficient (Wildman–Crippen LogP) is 3.91. The van der Waals surface area contributed by atoms with Crippen LogP contribution in [0.5, 0.6) is 0 Å². The topological polar surface area (TPSA) is 123 Å². The van der Waals surface area contributed by atoms with Crippen LogP contribution in [0.25, 0.3) is 11.1 Å². The van der Waals surface area contributed by atoms with Crippen LogP contribution in [0.15, 0.2) is 41.3 Å². The number of carbonyl (C=O) groups is 3. The zero-order valence-electron chi connectivity index (χ0n) is 25.8. The van der Waals surface area contributed by atoms with Crippen LogP contribution in [0.4, 0.5) is 9.18 Å². The SMILES string of the molecule is CC(CC1CCC1)C(=O)N1CC[C@@](O)(Cn2cc(C(=O)N3CCN(C(=O)O)CC3)c(-c3ccccc3F)cc2=O)C(C)(C)C1. The summed E-state index contributed by atoms with van der Waals surface area (Å²) in [4.78, 5) is 56.6. The van der Waals surface area contributed by atoms with E-state index in [1.165, 1.54) is 64.1 Å². The highest BCUT2D eigenvalue weighted by Gasteiger charge is 2.49. The molecule has 0 bridgehead atoms. The molecule has 1 aliphatic carbocycles. The fourth-order valence-corrected chi connectivity index (χ4v) is 6.81. The van der Waals surface area contributed by atoms with Gasteiger partial charge in [-0.15, -0.1) is 0 Å². The normalized spacial score (nSPS) is 22.8. The number of carbonyl (C=O) groups excluding carboxylic acids is 2. The Morgan fingerprint density at radius 1 is 1.00 bits per heavy atom. The smallest absolute Gasteiger partial charge is 0.407 e. The third-order valence-corrected chi connectivity index (χ3v) is 10.1. The van der Waals surface area contributed by atoms with E-state index in [1.807, 2.05) is 25.7 Å². The molecule has 44 heavy (non-hydrogen) atoms. The molecule has 1 aromatic carbocycles. The Bertz CT molecular complexity index is 1480. The van der Waals surface area contributed by atoms with Gasteiger partial charge in [-0.3, -0.25) is 14.4 Å². The quantitative estimate of drug-likeness (QED) is 0.490. The monoisotopic (exact) mass is 610 g/mol. The van der Waals surface area contributed by atoms with Gasteiger partial charge in [0.2, 0.25) is 5.91 Å². The van der Waals surface area contributed by atoms with Crippen molar-refractivity contribution in [2.45, 2.75) is 65.0 Å². The third kappa shape index (κ3) is 6.24. The molecule has 3 heterocycles. The zero-order valence-corrected chi connectivity index (χ0v) is 25.8. The van der Waals surface area contributed by atoms with Crippen LogP contribution < -0.4 is 5.56 Å². The van der Waals surface area contributed by atoms with E-state index in [2.05, 4.69) is 0 Å². The second kappa shape index (κ2) is 12.3. The minimum Gasteiger partial charge on any atom is -0.465 e. The van der Waals surface area contributed by atoms with Crippen molar-refractivity contribution in [3.05, 3.63) is 58.3 Å². The number of halogens is 1. The van der Waals surface area contributed by atoms with Crippen molar-refractivity contribution in [2.75, 3.05) is 39.3 Å². The second-order valence-electron chi connectivity index (χ2n) is 13.5. The van der Waals surface area contributed by atoms with Crippen molar-refractivity contribution in [1.29, 1.82) is 0 Å². The van der Waals surface area contributed by atoms with Gasteiger partial charge in [0.15, 0.2) is 0 Å². The Hall–Kier alpha value is -3.73. The molecule has 2 N–H and O–H groups in total. The summed E-state index contributed by atoms with van der Waals surface area (Å²) in [6, 6.07) is 7.14. The summed E-state index contributed by atoms with van der Waals surface area (Å²) in [6.07, 6.45) is 5.05. The standard InChI is InChI=1S/C33H43FN4O6/c1-22(17-23-7-6-8-23)29(40)37-12-11-33(44,32(2,3)20-37)21-38-19-26(30(41)35-13-15-36(16-14-35)31(42)43)25(18-28(38)39)24-9-4-5-10-27(24)34/h4-5,9-10,18-19,22-23,44H,6-8,11-17,20-21H2,1-3H3,(H,42,43)/t22?,33-/m1/s1. The number of aliphatic hydroxyl groups is 1. The van der Waals surface area contributed by atoms with Gasteiger partial charge >= 0.3 is 6.09 Å². The highest BCUT2D eigenvalue weighted by molar-refractivity contribution is 6.00. The van der Waals surface area contributed by atoms with Crippen LogP contribution in [-0.4, -0.2) is 92.3 Å². The number of likely N-dealkylation sites (tertiary alicyclic amines) is 1. The average Bonchev–Trinajstić information content (AvgIpc) is 2.97. The van der Waals surface area contributed by atoms with E-state index in [0.29, 0.717) is 19.0 Å². The fourth-order valence-electron chi connectivity index (χ4n) is 6.81. The van der Waals surface area contributed by atoms with Crippen molar-refractivity contribution in [3.63, 3.8) is 0 Å². The van der Waals surface area contributed by atoms with Gasteiger partial charge in [-0.25, -0.2) is 9.18 Å². The van der Waals surface area contributed by atoms with Gasteiger partial charge in [0.25, 0.3) is 11.5 Å². The Morgan fingerprint density at radius 3 is 2.25 bits per heavy atom. The Balaban J connectivity index is 1.41. The van der Waals surface area contributed by atoms with Gasteiger partial charge in [0.1, 0.15) is 5.82 Å². The van der Waals surface area contributed by atoms with E-state index in [0.717, 1.165) is 6.42 Å². The summed E-state index contributed by atoms with van der Waals surface area (Å²) in [7, 11) is 0. The lowest BCUT2D eigenvalue weighted by atomic mass is 9.69. The maximum Gasteiger partial charge on any atom is 0.407 e. The molecule has 3 fully saturated rings. The first-order chi connectivity index (χ1) is 20.8. The third-order valence-electron chi connectivity index (χ3n) is 10.1. The lowest BCUT2D eigenvalue weighted by molar-refractivity contribution is -0.157. The summed E-state index contributed by atoms with van der Waals surface area (Å²) in [5, 5.41) is 21.3. The van der Waals surface area contributed by atoms with E-state index < -0.39 is 34.4 Å². The molecule has 2 aromatic rings. The number of carboxylic acid groups (broad SMARTS) is 1. The summed E-state index contributed by atoms with van der Waals surface area (Å²) in [5.41, 5.74) is -2.28. The lowest BCUT2D eigenvalue weighted by Crippen LogP contribution is -2.61. The summed E-state index contributed by atoms with van der Waals surface area (Å²) in [5.74, 6) is -0.413. The second-order valence-corrected chi connectivity index (χ2v) is 13.5. The maximum absolute atomic E-state index is 14.9. The number of amides is 3. The molecule has 1 unspecified atom stereocenters. The Kier molecular flexibility index (Phi) is 8.89. The van der Waals surface area contributed by atoms with Crippen molar-refractivity contribution >= 4 is 17.9 Å². The van der Waals surface area contributed by atoms with Crippen LogP contribution in [-0.2, 0) is 11.3 Å². The molecular weight excluding hydrogens is 567 g/mol. The number of rotatable bonds is 7. The molecule has 3 aliphatic rings. The number of hydrogen-bond acceptors (Lipinski definition) is 5. The Labute approximate surface area is 257 Å². The van der Waals surface area contributed by atoms with Crippen LogP contribution in [0.3, 0.4) is 0 Å². The largest absolute Gasteiger partial charge is 0.465 e. The minimum atomic E-state index is -1.36. The molecule has 0 radical (unpaired) electrons.